The zero-order valence-corrected chi connectivity index (χ0v) is 12.6. The first-order valence-electron chi connectivity index (χ1n) is 5.99. The molecule has 0 saturated heterocycles. The molecule has 0 radical (unpaired) electrons. The SMILES string of the molecule is CN(Cc1ccncc1)c1ccc(/C(N)=N/O)c(Br)c1. The van der Waals surface area contributed by atoms with Gasteiger partial charge in [0.2, 0.25) is 0 Å². The summed E-state index contributed by atoms with van der Waals surface area (Å²) in [7, 11) is 2.01. The highest BCUT2D eigenvalue weighted by atomic mass is 79.9. The summed E-state index contributed by atoms with van der Waals surface area (Å²) in [6.45, 7) is 0.776. The molecular weight excluding hydrogens is 320 g/mol. The number of aromatic nitrogens is 1. The maximum absolute atomic E-state index is 8.71. The average molecular weight is 335 g/mol. The monoisotopic (exact) mass is 334 g/mol. The molecule has 0 saturated carbocycles. The first-order valence-corrected chi connectivity index (χ1v) is 6.78. The quantitative estimate of drug-likeness (QED) is 0.390. The molecule has 3 N–H and O–H groups in total. The summed E-state index contributed by atoms with van der Waals surface area (Å²) in [5, 5.41) is 11.7. The van der Waals surface area contributed by atoms with Crippen molar-refractivity contribution in [2.24, 2.45) is 10.9 Å². The zero-order valence-electron chi connectivity index (χ0n) is 11.0. The van der Waals surface area contributed by atoms with Crippen molar-refractivity contribution in [1.29, 1.82) is 0 Å². The van der Waals surface area contributed by atoms with Crippen LogP contribution >= 0.6 is 15.9 Å². The van der Waals surface area contributed by atoms with Gasteiger partial charge in [-0.3, -0.25) is 4.98 Å². The van der Waals surface area contributed by atoms with Crippen molar-refractivity contribution in [3.63, 3.8) is 0 Å². The highest BCUT2D eigenvalue weighted by Gasteiger charge is 2.08. The standard InChI is InChI=1S/C14H15BrN4O/c1-19(9-10-4-6-17-7-5-10)11-2-3-12(13(15)8-11)14(16)18-20/h2-8,20H,9H2,1H3,(H2,16,18). The van der Waals surface area contributed by atoms with Crippen LogP contribution in [0.1, 0.15) is 11.1 Å². The second kappa shape index (κ2) is 6.38. The number of hydrogen-bond donors (Lipinski definition) is 2. The fraction of sp³-hybridized carbons (Fsp3) is 0.143. The van der Waals surface area contributed by atoms with Crippen molar-refractivity contribution in [2.45, 2.75) is 6.54 Å². The van der Waals surface area contributed by atoms with Gasteiger partial charge in [-0.15, -0.1) is 0 Å². The number of nitrogens with two attached hydrogens (primary N) is 1. The Hall–Kier alpha value is -2.08. The van der Waals surface area contributed by atoms with E-state index >= 15 is 0 Å². The Morgan fingerprint density at radius 2 is 2.05 bits per heavy atom. The van der Waals surface area contributed by atoms with Crippen molar-refractivity contribution >= 4 is 27.5 Å². The number of pyridine rings is 1. The number of benzene rings is 1. The predicted octanol–water partition coefficient (Wildman–Crippen LogP) is 2.58. The number of amidine groups is 1. The molecule has 1 aromatic heterocycles. The fourth-order valence-corrected chi connectivity index (χ4v) is 2.43. The van der Waals surface area contributed by atoms with E-state index in [9.17, 15) is 0 Å². The zero-order chi connectivity index (χ0) is 14.5. The summed E-state index contributed by atoms with van der Waals surface area (Å²) in [4.78, 5) is 6.11. The molecule has 0 fully saturated rings. The smallest absolute Gasteiger partial charge is 0.171 e. The van der Waals surface area contributed by atoms with Crippen molar-refractivity contribution in [1.82, 2.24) is 4.98 Å². The second-order valence-corrected chi connectivity index (χ2v) is 5.22. The molecule has 0 aliphatic heterocycles. The van der Waals surface area contributed by atoms with Crippen molar-refractivity contribution in [3.8, 4) is 0 Å². The maximum Gasteiger partial charge on any atom is 0.171 e. The van der Waals surface area contributed by atoms with E-state index in [1.54, 1.807) is 12.4 Å². The number of rotatable bonds is 4. The van der Waals surface area contributed by atoms with Crippen LogP contribution in [0.4, 0.5) is 5.69 Å². The molecule has 0 atom stereocenters. The van der Waals surface area contributed by atoms with Gasteiger partial charge in [0, 0.05) is 41.7 Å². The summed E-state index contributed by atoms with van der Waals surface area (Å²) in [5.74, 6) is 0.0835. The molecule has 2 rings (SSSR count). The van der Waals surface area contributed by atoms with Crippen molar-refractivity contribution in [3.05, 3.63) is 58.3 Å². The molecule has 0 spiro atoms. The third kappa shape index (κ3) is 3.27. The Balaban J connectivity index is 2.19. The van der Waals surface area contributed by atoms with Crippen LogP contribution in [0.5, 0.6) is 0 Å². The summed E-state index contributed by atoms with van der Waals surface area (Å²) < 4.78 is 0.784. The van der Waals surface area contributed by atoms with Gasteiger partial charge in [-0.25, -0.2) is 0 Å². The summed E-state index contributed by atoms with van der Waals surface area (Å²) in [6, 6.07) is 9.65. The highest BCUT2D eigenvalue weighted by Crippen LogP contribution is 2.24. The van der Waals surface area contributed by atoms with Crippen molar-refractivity contribution in [2.75, 3.05) is 11.9 Å². The van der Waals surface area contributed by atoms with Gasteiger partial charge in [0.15, 0.2) is 5.84 Å². The van der Waals surface area contributed by atoms with Crippen molar-refractivity contribution < 1.29 is 5.21 Å². The van der Waals surface area contributed by atoms with Gasteiger partial charge in [0.25, 0.3) is 0 Å². The third-order valence-corrected chi connectivity index (χ3v) is 3.60. The van der Waals surface area contributed by atoms with E-state index in [2.05, 4.69) is 31.0 Å². The summed E-state index contributed by atoms with van der Waals surface area (Å²) in [5.41, 5.74) is 8.47. The number of hydrogen-bond acceptors (Lipinski definition) is 4. The van der Waals surface area contributed by atoms with E-state index in [1.807, 2.05) is 37.4 Å². The topological polar surface area (TPSA) is 74.7 Å². The van der Waals surface area contributed by atoms with E-state index in [-0.39, 0.29) is 5.84 Å². The van der Waals surface area contributed by atoms with Gasteiger partial charge in [0.05, 0.1) is 0 Å². The van der Waals surface area contributed by atoms with Crippen LogP contribution in [0.15, 0.2) is 52.4 Å². The Morgan fingerprint density at radius 1 is 1.35 bits per heavy atom. The molecule has 0 bridgehead atoms. The maximum atomic E-state index is 8.71. The van der Waals surface area contributed by atoms with Crippen LogP contribution in [0.2, 0.25) is 0 Å². The fourth-order valence-electron chi connectivity index (χ4n) is 1.86. The van der Waals surface area contributed by atoms with Gasteiger partial charge >= 0.3 is 0 Å². The molecule has 1 aromatic carbocycles. The van der Waals surface area contributed by atoms with Crippen LogP contribution in [0, 0.1) is 0 Å². The Morgan fingerprint density at radius 3 is 2.65 bits per heavy atom. The minimum Gasteiger partial charge on any atom is -0.409 e. The first-order chi connectivity index (χ1) is 9.61. The van der Waals surface area contributed by atoms with Crippen LogP contribution in [0.25, 0.3) is 0 Å². The normalized spacial score (nSPS) is 11.4. The van der Waals surface area contributed by atoms with Crippen LogP contribution < -0.4 is 10.6 Å². The van der Waals surface area contributed by atoms with E-state index in [4.69, 9.17) is 10.9 Å². The third-order valence-electron chi connectivity index (χ3n) is 2.95. The Bertz CT molecular complexity index is 616. The van der Waals surface area contributed by atoms with E-state index in [0.29, 0.717) is 5.56 Å². The summed E-state index contributed by atoms with van der Waals surface area (Å²) in [6.07, 6.45) is 3.56. The van der Waals surface area contributed by atoms with Gasteiger partial charge in [0.1, 0.15) is 0 Å². The van der Waals surface area contributed by atoms with Crippen LogP contribution in [-0.2, 0) is 6.54 Å². The molecule has 104 valence electrons. The molecule has 20 heavy (non-hydrogen) atoms. The minimum absolute atomic E-state index is 0.0835. The molecule has 1 heterocycles. The first kappa shape index (κ1) is 14.3. The molecule has 0 aliphatic rings. The van der Waals surface area contributed by atoms with Crippen LogP contribution in [-0.4, -0.2) is 23.1 Å². The Kier molecular flexibility index (Phi) is 4.57. The van der Waals surface area contributed by atoms with Gasteiger partial charge in [-0.05, 0) is 51.8 Å². The molecule has 0 aliphatic carbocycles. The van der Waals surface area contributed by atoms with Gasteiger partial charge < -0.3 is 15.8 Å². The van der Waals surface area contributed by atoms with Gasteiger partial charge in [-0.1, -0.05) is 5.16 Å². The lowest BCUT2D eigenvalue weighted by atomic mass is 10.1. The largest absolute Gasteiger partial charge is 0.409 e. The van der Waals surface area contributed by atoms with E-state index in [0.717, 1.165) is 16.7 Å². The number of anilines is 1. The molecule has 0 amide bonds. The summed E-state index contributed by atoms with van der Waals surface area (Å²) >= 11 is 3.43. The van der Waals surface area contributed by atoms with Gasteiger partial charge in [-0.2, -0.15) is 0 Å². The average Bonchev–Trinajstić information content (AvgIpc) is 2.47. The molecule has 2 aromatic rings. The molecule has 5 nitrogen and oxygen atoms in total. The second-order valence-electron chi connectivity index (χ2n) is 4.36. The number of oxime groups is 1. The highest BCUT2D eigenvalue weighted by molar-refractivity contribution is 9.10. The molecule has 6 heteroatoms. The molecular formula is C14H15BrN4O. The lowest BCUT2D eigenvalue weighted by Crippen LogP contribution is -2.18. The lowest BCUT2D eigenvalue weighted by molar-refractivity contribution is 0.318. The number of nitrogens with zero attached hydrogens (tertiary/aromatic N) is 3. The minimum atomic E-state index is 0.0835. The van der Waals surface area contributed by atoms with Crippen LogP contribution in [0.3, 0.4) is 0 Å². The Labute approximate surface area is 125 Å². The predicted molar refractivity (Wildman–Crippen MR) is 83.0 cm³/mol. The number of halogens is 1. The van der Waals surface area contributed by atoms with E-state index in [1.165, 1.54) is 5.56 Å². The van der Waals surface area contributed by atoms with E-state index < -0.39 is 0 Å². The lowest BCUT2D eigenvalue weighted by Gasteiger charge is -2.20. The molecule has 0 unspecified atom stereocenters.